The molecule has 0 amide bonds. The molecule has 3 rings (SSSR count). The lowest BCUT2D eigenvalue weighted by Gasteiger charge is -2.37. The van der Waals surface area contributed by atoms with Gasteiger partial charge in [-0.2, -0.15) is 0 Å². The first-order valence-corrected chi connectivity index (χ1v) is 10.5. The van der Waals surface area contributed by atoms with Gasteiger partial charge in [0.05, 0.1) is 7.11 Å². The summed E-state index contributed by atoms with van der Waals surface area (Å²) < 4.78 is 7.24. The number of hydrogen-bond acceptors (Lipinski definition) is 4. The van der Waals surface area contributed by atoms with Gasteiger partial charge in [0.15, 0.2) is 11.8 Å². The monoisotopic (exact) mass is 398 g/mol. The van der Waals surface area contributed by atoms with E-state index in [4.69, 9.17) is 9.73 Å². The van der Waals surface area contributed by atoms with E-state index in [2.05, 4.69) is 46.4 Å². The van der Waals surface area contributed by atoms with Gasteiger partial charge in [-0.25, -0.2) is 4.99 Å². The lowest BCUT2D eigenvalue weighted by molar-refractivity contribution is 0.208. The molecule has 1 N–H and O–H groups in total. The molecule has 2 atom stereocenters. The summed E-state index contributed by atoms with van der Waals surface area (Å²) in [4.78, 5) is 7.31. The highest BCUT2D eigenvalue weighted by atomic mass is 16.5. The van der Waals surface area contributed by atoms with Crippen LogP contribution in [0, 0.1) is 18.8 Å². The summed E-state index contributed by atoms with van der Waals surface area (Å²) >= 11 is 0. The molecule has 1 aliphatic rings. The molecule has 158 valence electrons. The topological polar surface area (TPSA) is 67.6 Å². The summed E-state index contributed by atoms with van der Waals surface area (Å²) in [5, 5.41) is 12.0. The summed E-state index contributed by atoms with van der Waals surface area (Å²) in [5.41, 5.74) is 1.28. The van der Waals surface area contributed by atoms with E-state index in [0.29, 0.717) is 18.4 Å². The predicted molar refractivity (Wildman–Crippen MR) is 116 cm³/mol. The lowest BCUT2D eigenvalue weighted by atomic mass is 9.92. The van der Waals surface area contributed by atoms with Crippen LogP contribution in [0.4, 0.5) is 0 Å². The zero-order chi connectivity index (χ0) is 20.8. The second-order valence-corrected chi connectivity index (χ2v) is 8.24. The molecule has 1 aromatic heterocycles. The Kier molecular flexibility index (Phi) is 7.12. The Morgan fingerprint density at radius 1 is 1.17 bits per heavy atom. The molecule has 0 bridgehead atoms. The Balaban J connectivity index is 1.67. The molecule has 2 aromatic rings. The minimum Gasteiger partial charge on any atom is -0.497 e. The van der Waals surface area contributed by atoms with E-state index in [1.807, 2.05) is 30.7 Å². The summed E-state index contributed by atoms with van der Waals surface area (Å²) in [6.07, 6.45) is 2.21. The highest BCUT2D eigenvalue weighted by molar-refractivity contribution is 5.80. The molecule has 2 unspecified atom stereocenters. The van der Waals surface area contributed by atoms with E-state index in [1.165, 1.54) is 12.0 Å². The minimum absolute atomic E-state index is 0.529. The lowest BCUT2D eigenvalue weighted by Crippen LogP contribution is -2.49. The molecule has 1 aliphatic heterocycles. The van der Waals surface area contributed by atoms with Gasteiger partial charge in [-0.1, -0.05) is 26.0 Å². The van der Waals surface area contributed by atoms with Gasteiger partial charge >= 0.3 is 0 Å². The first-order valence-electron chi connectivity index (χ1n) is 10.5. The van der Waals surface area contributed by atoms with Gasteiger partial charge in [-0.15, -0.1) is 10.2 Å². The number of guanidine groups is 1. The number of aromatic nitrogens is 3. The molecule has 0 spiro atoms. The standard InChI is InChI=1S/C22H34N6O/c1-16-12-17(2)15-28(14-16)22(24-13-21-26-25-18(3)27(21)4)23-11-10-19-6-8-20(29-5)9-7-19/h6-9,16-17H,10-15H2,1-5H3,(H,23,24). The van der Waals surface area contributed by atoms with E-state index < -0.39 is 0 Å². The Morgan fingerprint density at radius 3 is 2.45 bits per heavy atom. The van der Waals surface area contributed by atoms with Crippen molar-refractivity contribution in [3.05, 3.63) is 41.5 Å². The van der Waals surface area contributed by atoms with E-state index >= 15 is 0 Å². The number of rotatable bonds is 6. The van der Waals surface area contributed by atoms with Gasteiger partial charge in [0.2, 0.25) is 0 Å². The number of methoxy groups -OCH3 is 1. The number of ether oxygens (including phenoxy) is 1. The first-order chi connectivity index (χ1) is 14.0. The average molecular weight is 399 g/mol. The molecule has 0 aliphatic carbocycles. The smallest absolute Gasteiger partial charge is 0.194 e. The van der Waals surface area contributed by atoms with E-state index in [0.717, 1.165) is 49.4 Å². The Hall–Kier alpha value is -2.57. The molecular formula is C22H34N6O. The normalized spacial score (nSPS) is 20.0. The average Bonchev–Trinajstić information content (AvgIpc) is 3.02. The third kappa shape index (κ3) is 5.71. The molecule has 0 saturated carbocycles. The number of likely N-dealkylation sites (tertiary alicyclic amines) is 1. The number of piperidine rings is 1. The van der Waals surface area contributed by atoms with Crippen LogP contribution < -0.4 is 10.1 Å². The van der Waals surface area contributed by atoms with Crippen LogP contribution in [0.3, 0.4) is 0 Å². The van der Waals surface area contributed by atoms with E-state index in [-0.39, 0.29) is 0 Å². The third-order valence-electron chi connectivity index (χ3n) is 5.58. The van der Waals surface area contributed by atoms with Gasteiger partial charge < -0.3 is 19.5 Å². The van der Waals surface area contributed by atoms with E-state index in [9.17, 15) is 0 Å². The maximum Gasteiger partial charge on any atom is 0.194 e. The Morgan fingerprint density at radius 2 is 1.86 bits per heavy atom. The van der Waals surface area contributed by atoms with Crippen LogP contribution in [-0.2, 0) is 20.0 Å². The molecule has 29 heavy (non-hydrogen) atoms. The van der Waals surface area contributed by atoms with Crippen LogP contribution in [0.25, 0.3) is 0 Å². The summed E-state index contributed by atoms with van der Waals surface area (Å²) in [6.45, 7) is 10.0. The van der Waals surface area contributed by atoms with Crippen LogP contribution in [-0.4, -0.2) is 52.4 Å². The first kappa shape index (κ1) is 21.1. The number of nitrogens with zero attached hydrogens (tertiary/aromatic N) is 5. The number of aliphatic imine (C=N–C) groups is 1. The van der Waals surface area contributed by atoms with Crippen LogP contribution in [0.2, 0.25) is 0 Å². The highest BCUT2D eigenvalue weighted by Gasteiger charge is 2.24. The second-order valence-electron chi connectivity index (χ2n) is 8.24. The fraction of sp³-hybridized carbons (Fsp3) is 0.591. The fourth-order valence-electron chi connectivity index (χ4n) is 3.95. The fourth-order valence-corrected chi connectivity index (χ4v) is 3.95. The second kappa shape index (κ2) is 9.76. The molecule has 0 radical (unpaired) electrons. The van der Waals surface area contributed by atoms with Crippen molar-refractivity contribution < 1.29 is 4.74 Å². The van der Waals surface area contributed by atoms with Crippen molar-refractivity contribution in [2.45, 2.75) is 40.2 Å². The predicted octanol–water partition coefficient (Wildman–Crippen LogP) is 2.80. The number of aryl methyl sites for hydroxylation is 1. The highest BCUT2D eigenvalue weighted by Crippen LogP contribution is 2.21. The SMILES string of the molecule is COc1ccc(CCNC(=NCc2nnc(C)n2C)N2CC(C)CC(C)C2)cc1. The third-order valence-corrected chi connectivity index (χ3v) is 5.58. The Bertz CT molecular complexity index is 803. The van der Waals surface area contributed by atoms with Crippen molar-refractivity contribution in [3.63, 3.8) is 0 Å². The summed E-state index contributed by atoms with van der Waals surface area (Å²) in [7, 11) is 3.68. The van der Waals surface area contributed by atoms with Crippen molar-refractivity contribution >= 4 is 5.96 Å². The quantitative estimate of drug-likeness (QED) is 0.599. The summed E-state index contributed by atoms with van der Waals surface area (Å²) in [5.74, 6) is 4.99. The van der Waals surface area contributed by atoms with Gasteiger partial charge in [-0.3, -0.25) is 0 Å². The van der Waals surface area contributed by atoms with Crippen molar-refractivity contribution in [2.24, 2.45) is 23.9 Å². The zero-order valence-corrected chi connectivity index (χ0v) is 18.4. The molecule has 7 heteroatoms. The number of benzene rings is 1. The van der Waals surface area contributed by atoms with Crippen LogP contribution in [0.15, 0.2) is 29.3 Å². The zero-order valence-electron chi connectivity index (χ0n) is 18.4. The van der Waals surface area contributed by atoms with Crippen molar-refractivity contribution in [2.75, 3.05) is 26.7 Å². The number of hydrogen-bond donors (Lipinski definition) is 1. The molecule has 1 aromatic carbocycles. The number of nitrogens with one attached hydrogen (secondary N) is 1. The Labute approximate surface area is 174 Å². The molecular weight excluding hydrogens is 364 g/mol. The minimum atomic E-state index is 0.529. The van der Waals surface area contributed by atoms with Crippen molar-refractivity contribution in [1.82, 2.24) is 25.0 Å². The molecule has 1 saturated heterocycles. The summed E-state index contributed by atoms with van der Waals surface area (Å²) in [6, 6.07) is 8.25. The van der Waals surface area contributed by atoms with Gasteiger partial charge in [-0.05, 0) is 49.3 Å². The van der Waals surface area contributed by atoms with Crippen LogP contribution in [0.1, 0.15) is 37.5 Å². The molecule has 2 heterocycles. The maximum atomic E-state index is 5.24. The van der Waals surface area contributed by atoms with Crippen molar-refractivity contribution in [1.29, 1.82) is 0 Å². The largest absolute Gasteiger partial charge is 0.497 e. The van der Waals surface area contributed by atoms with Gasteiger partial charge in [0, 0.05) is 26.7 Å². The van der Waals surface area contributed by atoms with E-state index in [1.54, 1.807) is 7.11 Å². The van der Waals surface area contributed by atoms with Crippen LogP contribution >= 0.6 is 0 Å². The maximum absolute atomic E-state index is 5.24. The van der Waals surface area contributed by atoms with Gasteiger partial charge in [0.25, 0.3) is 0 Å². The molecule has 7 nitrogen and oxygen atoms in total. The van der Waals surface area contributed by atoms with Crippen LogP contribution in [0.5, 0.6) is 5.75 Å². The van der Waals surface area contributed by atoms with Gasteiger partial charge in [0.1, 0.15) is 18.1 Å². The molecule has 1 fully saturated rings. The van der Waals surface area contributed by atoms with Crippen molar-refractivity contribution in [3.8, 4) is 5.75 Å².